The molecule has 1 aliphatic carbocycles. The van der Waals surface area contributed by atoms with E-state index in [9.17, 15) is 5.11 Å². The van der Waals surface area contributed by atoms with Gasteiger partial charge >= 0.3 is 0 Å². The van der Waals surface area contributed by atoms with E-state index in [4.69, 9.17) is 4.74 Å². The van der Waals surface area contributed by atoms with Gasteiger partial charge in [-0.15, -0.1) is 0 Å². The summed E-state index contributed by atoms with van der Waals surface area (Å²) in [5, 5.41) is 15.5. The average molecular weight is 272 g/mol. The summed E-state index contributed by atoms with van der Waals surface area (Å²) in [7, 11) is 1.67. The quantitative estimate of drug-likeness (QED) is 0.902. The van der Waals surface area contributed by atoms with Crippen LogP contribution in [0.4, 0.5) is 5.82 Å². The van der Waals surface area contributed by atoms with Crippen LogP contribution in [-0.2, 0) is 0 Å². The number of hydrogen-bond acceptors (Lipinski definition) is 4. The van der Waals surface area contributed by atoms with Crippen LogP contribution in [0.1, 0.15) is 20.3 Å². The highest BCUT2D eigenvalue weighted by Gasteiger charge is 2.47. The van der Waals surface area contributed by atoms with Crippen molar-refractivity contribution < 1.29 is 9.84 Å². The molecule has 1 aromatic carbocycles. The summed E-state index contributed by atoms with van der Waals surface area (Å²) >= 11 is 0. The Morgan fingerprint density at radius 3 is 2.80 bits per heavy atom. The van der Waals surface area contributed by atoms with Gasteiger partial charge in [-0.2, -0.15) is 0 Å². The maximum Gasteiger partial charge on any atom is 0.134 e. The largest absolute Gasteiger partial charge is 0.497 e. The fourth-order valence-corrected chi connectivity index (χ4v) is 2.71. The molecule has 1 aromatic heterocycles. The molecule has 1 fully saturated rings. The molecule has 1 aliphatic rings. The van der Waals surface area contributed by atoms with Gasteiger partial charge in [0, 0.05) is 23.0 Å². The Balaban J connectivity index is 1.92. The number of aromatic nitrogens is 1. The number of pyridine rings is 1. The van der Waals surface area contributed by atoms with Crippen LogP contribution in [0.2, 0.25) is 0 Å². The SMILES string of the molecule is COc1ccc2c(NC3CC(O)C3(C)C)nccc2c1. The first kappa shape index (κ1) is 13.2. The van der Waals surface area contributed by atoms with Gasteiger partial charge in [0.15, 0.2) is 0 Å². The zero-order valence-corrected chi connectivity index (χ0v) is 12.1. The highest BCUT2D eigenvalue weighted by molar-refractivity contribution is 5.92. The third-order valence-electron chi connectivity index (χ3n) is 4.50. The van der Waals surface area contributed by atoms with E-state index >= 15 is 0 Å². The first-order chi connectivity index (χ1) is 9.52. The van der Waals surface area contributed by atoms with Gasteiger partial charge in [-0.05, 0) is 36.1 Å². The zero-order valence-electron chi connectivity index (χ0n) is 12.1. The van der Waals surface area contributed by atoms with Gasteiger partial charge in [0.2, 0.25) is 0 Å². The lowest BCUT2D eigenvalue weighted by Gasteiger charge is -2.49. The highest BCUT2D eigenvalue weighted by Crippen LogP contribution is 2.42. The van der Waals surface area contributed by atoms with Crippen molar-refractivity contribution >= 4 is 16.6 Å². The molecule has 0 aliphatic heterocycles. The van der Waals surface area contributed by atoms with Crippen LogP contribution >= 0.6 is 0 Å². The lowest BCUT2D eigenvalue weighted by atomic mass is 9.64. The van der Waals surface area contributed by atoms with Crippen LogP contribution in [0.3, 0.4) is 0 Å². The van der Waals surface area contributed by atoms with E-state index in [1.807, 2.05) is 24.3 Å². The van der Waals surface area contributed by atoms with Crippen molar-refractivity contribution in [3.63, 3.8) is 0 Å². The van der Waals surface area contributed by atoms with E-state index in [0.29, 0.717) is 0 Å². The third kappa shape index (κ3) is 2.00. The molecule has 0 radical (unpaired) electrons. The number of fused-ring (bicyclic) bond motifs is 1. The van der Waals surface area contributed by atoms with Gasteiger partial charge in [0.1, 0.15) is 11.6 Å². The molecule has 20 heavy (non-hydrogen) atoms. The molecule has 3 rings (SSSR count). The lowest BCUT2D eigenvalue weighted by Crippen LogP contribution is -2.57. The van der Waals surface area contributed by atoms with Crippen LogP contribution in [-0.4, -0.2) is 29.3 Å². The molecule has 1 saturated carbocycles. The molecule has 0 saturated heterocycles. The molecule has 0 bridgehead atoms. The minimum Gasteiger partial charge on any atom is -0.497 e. The van der Waals surface area contributed by atoms with Crippen molar-refractivity contribution in [2.24, 2.45) is 5.41 Å². The number of aliphatic hydroxyl groups excluding tert-OH is 1. The maximum atomic E-state index is 9.83. The summed E-state index contributed by atoms with van der Waals surface area (Å²) in [5.41, 5.74) is -0.115. The topological polar surface area (TPSA) is 54.4 Å². The number of hydrogen-bond donors (Lipinski definition) is 2. The minimum absolute atomic E-state index is 0.115. The number of nitrogens with one attached hydrogen (secondary N) is 1. The Morgan fingerprint density at radius 2 is 2.15 bits per heavy atom. The number of rotatable bonds is 3. The van der Waals surface area contributed by atoms with Crippen molar-refractivity contribution in [1.82, 2.24) is 4.98 Å². The van der Waals surface area contributed by atoms with Gasteiger partial charge < -0.3 is 15.2 Å². The fraction of sp³-hybridized carbons (Fsp3) is 0.438. The average Bonchev–Trinajstić information content (AvgIpc) is 2.46. The molecular weight excluding hydrogens is 252 g/mol. The second-order valence-corrected chi connectivity index (χ2v) is 6.02. The van der Waals surface area contributed by atoms with Gasteiger partial charge in [0.05, 0.1) is 13.2 Å². The Morgan fingerprint density at radius 1 is 1.35 bits per heavy atom. The molecule has 0 amide bonds. The van der Waals surface area contributed by atoms with Gasteiger partial charge in [-0.25, -0.2) is 4.98 Å². The van der Waals surface area contributed by atoms with Crippen molar-refractivity contribution in [3.05, 3.63) is 30.5 Å². The van der Waals surface area contributed by atoms with Gasteiger partial charge in [-0.3, -0.25) is 0 Å². The summed E-state index contributed by atoms with van der Waals surface area (Å²) in [6, 6.07) is 8.19. The predicted octanol–water partition coefficient (Wildman–Crippen LogP) is 2.81. The molecule has 2 aromatic rings. The lowest BCUT2D eigenvalue weighted by molar-refractivity contribution is -0.0511. The van der Waals surface area contributed by atoms with Crippen molar-refractivity contribution in [1.29, 1.82) is 0 Å². The minimum atomic E-state index is -0.241. The molecule has 2 unspecified atom stereocenters. The second-order valence-electron chi connectivity index (χ2n) is 6.02. The molecule has 106 valence electrons. The van der Waals surface area contributed by atoms with Crippen molar-refractivity contribution in [3.8, 4) is 5.75 Å². The van der Waals surface area contributed by atoms with Crippen LogP contribution in [0.5, 0.6) is 5.75 Å². The second kappa shape index (κ2) is 4.63. The summed E-state index contributed by atoms with van der Waals surface area (Å²) in [6.07, 6.45) is 2.32. The van der Waals surface area contributed by atoms with Crippen LogP contribution < -0.4 is 10.1 Å². The van der Waals surface area contributed by atoms with Crippen molar-refractivity contribution in [2.75, 3.05) is 12.4 Å². The smallest absolute Gasteiger partial charge is 0.134 e. The Bertz CT molecular complexity index is 639. The van der Waals surface area contributed by atoms with E-state index in [1.54, 1.807) is 13.3 Å². The predicted molar refractivity (Wildman–Crippen MR) is 80.1 cm³/mol. The van der Waals surface area contributed by atoms with E-state index in [2.05, 4.69) is 24.1 Å². The Hall–Kier alpha value is -1.81. The maximum absolute atomic E-state index is 9.83. The van der Waals surface area contributed by atoms with E-state index in [1.165, 1.54) is 0 Å². The Kier molecular flexibility index (Phi) is 3.05. The van der Waals surface area contributed by atoms with Gasteiger partial charge in [-0.1, -0.05) is 13.8 Å². The first-order valence-electron chi connectivity index (χ1n) is 6.89. The molecule has 0 spiro atoms. The summed E-state index contributed by atoms with van der Waals surface area (Å²) < 4.78 is 5.25. The van der Waals surface area contributed by atoms with Crippen LogP contribution in [0, 0.1) is 5.41 Å². The third-order valence-corrected chi connectivity index (χ3v) is 4.50. The number of anilines is 1. The number of methoxy groups -OCH3 is 1. The molecule has 1 heterocycles. The molecule has 4 nitrogen and oxygen atoms in total. The highest BCUT2D eigenvalue weighted by atomic mass is 16.5. The number of benzene rings is 1. The summed E-state index contributed by atoms with van der Waals surface area (Å²) in [5.74, 6) is 1.71. The Labute approximate surface area is 118 Å². The van der Waals surface area contributed by atoms with Gasteiger partial charge in [0.25, 0.3) is 0 Å². The normalized spacial score (nSPS) is 24.2. The number of aliphatic hydroxyl groups is 1. The fourth-order valence-electron chi connectivity index (χ4n) is 2.71. The molecule has 4 heteroatoms. The standard InChI is InChI=1S/C16H20N2O2/c1-16(2)13(9-14(16)19)18-15-12-5-4-11(20-3)8-10(12)6-7-17-15/h4-8,13-14,19H,9H2,1-3H3,(H,17,18). The summed E-state index contributed by atoms with van der Waals surface area (Å²) in [4.78, 5) is 4.44. The van der Waals surface area contributed by atoms with Crippen LogP contribution in [0.15, 0.2) is 30.5 Å². The summed E-state index contributed by atoms with van der Waals surface area (Å²) in [6.45, 7) is 4.15. The molecule has 2 N–H and O–H groups in total. The van der Waals surface area contributed by atoms with E-state index in [-0.39, 0.29) is 17.6 Å². The van der Waals surface area contributed by atoms with Crippen LogP contribution in [0.25, 0.3) is 10.8 Å². The molecule has 2 atom stereocenters. The zero-order chi connectivity index (χ0) is 14.3. The van der Waals surface area contributed by atoms with E-state index in [0.717, 1.165) is 28.8 Å². The monoisotopic (exact) mass is 272 g/mol. The molecular formula is C16H20N2O2. The number of nitrogens with zero attached hydrogens (tertiary/aromatic N) is 1. The first-order valence-corrected chi connectivity index (χ1v) is 6.89. The van der Waals surface area contributed by atoms with Crippen molar-refractivity contribution in [2.45, 2.75) is 32.4 Å². The van der Waals surface area contributed by atoms with E-state index < -0.39 is 0 Å². The number of ether oxygens (including phenoxy) is 1.